The summed E-state index contributed by atoms with van der Waals surface area (Å²) in [5.74, 6) is 0. The number of nitriles is 1. The summed E-state index contributed by atoms with van der Waals surface area (Å²) in [6.45, 7) is 3.87. The predicted molar refractivity (Wildman–Crippen MR) is 64.7 cm³/mol. The molecule has 1 aromatic carbocycles. The molecule has 0 spiro atoms. The smallest absolute Gasteiger partial charge is 0.179 e. The van der Waals surface area contributed by atoms with Crippen LogP contribution in [0.15, 0.2) is 27.4 Å². The lowest BCUT2D eigenvalue weighted by atomic mass is 10.1. The molecule has 2 rings (SSSR count). The Hall–Kier alpha value is -1.38. The summed E-state index contributed by atoms with van der Waals surface area (Å²) >= 11 is 3.15. The van der Waals surface area contributed by atoms with E-state index in [0.29, 0.717) is 0 Å². The summed E-state index contributed by atoms with van der Waals surface area (Å²) < 4.78 is 0.932. The normalized spacial score (nSPS) is 10.1. The Morgan fingerprint density at radius 2 is 2.12 bits per heavy atom. The monoisotopic (exact) mass is 247 g/mol. The Labute approximate surface area is 102 Å². The Kier molecular flexibility index (Phi) is 3.22. The van der Waals surface area contributed by atoms with Crippen LogP contribution in [0, 0.1) is 25.2 Å². The van der Waals surface area contributed by atoms with Gasteiger partial charge >= 0.3 is 0 Å². The van der Waals surface area contributed by atoms with Crippen LogP contribution >= 0.6 is 23.1 Å². The molecule has 0 N–H and O–H groups in total. The van der Waals surface area contributed by atoms with E-state index in [1.165, 1.54) is 0 Å². The number of benzene rings is 1. The Morgan fingerprint density at radius 1 is 1.31 bits per heavy atom. The molecule has 0 saturated carbocycles. The lowest BCUT2D eigenvalue weighted by molar-refractivity contribution is 0.984. The number of rotatable bonds is 2. The van der Waals surface area contributed by atoms with Crippen molar-refractivity contribution in [2.45, 2.75) is 23.1 Å². The van der Waals surface area contributed by atoms with Crippen molar-refractivity contribution in [3.8, 4) is 6.07 Å². The molecule has 0 aliphatic rings. The van der Waals surface area contributed by atoms with Crippen molar-refractivity contribution in [1.82, 2.24) is 10.2 Å². The summed E-state index contributed by atoms with van der Waals surface area (Å²) in [7, 11) is 0. The van der Waals surface area contributed by atoms with Crippen molar-refractivity contribution in [2.24, 2.45) is 0 Å². The number of nitrogens with zero attached hydrogens (tertiary/aromatic N) is 3. The van der Waals surface area contributed by atoms with Crippen molar-refractivity contribution < 1.29 is 0 Å². The van der Waals surface area contributed by atoms with Gasteiger partial charge in [-0.15, -0.1) is 10.2 Å². The van der Waals surface area contributed by atoms with Crippen molar-refractivity contribution in [3.63, 3.8) is 0 Å². The van der Waals surface area contributed by atoms with Crippen LogP contribution in [0.3, 0.4) is 0 Å². The molecule has 1 heterocycles. The lowest BCUT2D eigenvalue weighted by Crippen LogP contribution is -1.82. The Balaban J connectivity index is 2.23. The maximum Gasteiger partial charge on any atom is 0.179 e. The quantitative estimate of drug-likeness (QED) is 0.817. The first kappa shape index (κ1) is 11.1. The summed E-state index contributed by atoms with van der Waals surface area (Å²) in [4.78, 5) is 1.09. The SMILES string of the molecule is Cc1nnc(Sc2ccc(C#N)c(C)c2)s1. The summed E-state index contributed by atoms with van der Waals surface area (Å²) in [5.41, 5.74) is 1.71. The molecule has 80 valence electrons. The number of aryl methyl sites for hydroxylation is 2. The molecule has 2 aromatic rings. The van der Waals surface area contributed by atoms with Gasteiger partial charge in [0.15, 0.2) is 4.34 Å². The van der Waals surface area contributed by atoms with Gasteiger partial charge in [0, 0.05) is 4.90 Å². The Morgan fingerprint density at radius 3 is 2.69 bits per heavy atom. The Bertz CT molecular complexity index is 555. The van der Waals surface area contributed by atoms with E-state index < -0.39 is 0 Å². The van der Waals surface area contributed by atoms with E-state index >= 15 is 0 Å². The third-order valence-electron chi connectivity index (χ3n) is 2.03. The molecule has 0 amide bonds. The van der Waals surface area contributed by atoms with E-state index in [9.17, 15) is 0 Å². The fraction of sp³-hybridized carbons (Fsp3) is 0.182. The van der Waals surface area contributed by atoms with E-state index in [-0.39, 0.29) is 0 Å². The van der Waals surface area contributed by atoms with E-state index in [1.54, 1.807) is 23.1 Å². The van der Waals surface area contributed by atoms with E-state index in [2.05, 4.69) is 16.3 Å². The highest BCUT2D eigenvalue weighted by molar-refractivity contribution is 8.01. The lowest BCUT2D eigenvalue weighted by Gasteiger charge is -2.00. The maximum absolute atomic E-state index is 8.83. The molecule has 0 aliphatic carbocycles. The second-order valence-corrected chi connectivity index (χ2v) is 5.78. The second kappa shape index (κ2) is 4.64. The van der Waals surface area contributed by atoms with Gasteiger partial charge in [0.05, 0.1) is 11.6 Å². The van der Waals surface area contributed by atoms with Crippen molar-refractivity contribution >= 4 is 23.1 Å². The molecule has 0 aliphatic heterocycles. The molecule has 5 heteroatoms. The topological polar surface area (TPSA) is 49.6 Å². The van der Waals surface area contributed by atoms with Crippen molar-refractivity contribution in [2.75, 3.05) is 0 Å². The van der Waals surface area contributed by atoms with Gasteiger partial charge in [-0.2, -0.15) is 5.26 Å². The van der Waals surface area contributed by atoms with Crippen molar-refractivity contribution in [3.05, 3.63) is 34.3 Å². The highest BCUT2D eigenvalue weighted by atomic mass is 32.2. The second-order valence-electron chi connectivity index (χ2n) is 3.28. The minimum absolute atomic E-state index is 0.720. The van der Waals surface area contributed by atoms with E-state index in [1.807, 2.05) is 32.0 Å². The minimum Gasteiger partial charge on any atom is -0.192 e. The van der Waals surface area contributed by atoms with Crippen LogP contribution in [0.4, 0.5) is 0 Å². The van der Waals surface area contributed by atoms with Gasteiger partial charge in [0.25, 0.3) is 0 Å². The first-order chi connectivity index (χ1) is 7.69. The molecule has 1 aromatic heterocycles. The van der Waals surface area contributed by atoms with Gasteiger partial charge in [0.2, 0.25) is 0 Å². The molecule has 0 radical (unpaired) electrons. The van der Waals surface area contributed by atoms with Crippen LogP contribution in [0.2, 0.25) is 0 Å². The summed E-state index contributed by atoms with van der Waals surface area (Å²) in [6.07, 6.45) is 0. The van der Waals surface area contributed by atoms with Gasteiger partial charge in [-0.1, -0.05) is 23.1 Å². The molecule has 0 unspecified atom stereocenters. The van der Waals surface area contributed by atoms with Crippen LogP contribution in [-0.2, 0) is 0 Å². The maximum atomic E-state index is 8.83. The molecule has 0 saturated heterocycles. The van der Waals surface area contributed by atoms with Gasteiger partial charge in [0.1, 0.15) is 5.01 Å². The average molecular weight is 247 g/mol. The van der Waals surface area contributed by atoms with E-state index in [4.69, 9.17) is 5.26 Å². The zero-order valence-corrected chi connectivity index (χ0v) is 10.5. The first-order valence-corrected chi connectivity index (χ1v) is 6.31. The molecule has 16 heavy (non-hydrogen) atoms. The fourth-order valence-electron chi connectivity index (χ4n) is 1.25. The number of hydrogen-bond acceptors (Lipinski definition) is 5. The number of hydrogen-bond donors (Lipinski definition) is 0. The van der Waals surface area contributed by atoms with Crippen LogP contribution in [0.25, 0.3) is 0 Å². The third-order valence-corrected chi connectivity index (χ3v) is 3.91. The van der Waals surface area contributed by atoms with Crippen LogP contribution in [-0.4, -0.2) is 10.2 Å². The zero-order chi connectivity index (χ0) is 11.5. The van der Waals surface area contributed by atoms with Gasteiger partial charge in [-0.05, 0) is 37.6 Å². The highest BCUT2D eigenvalue weighted by Gasteiger charge is 2.05. The molecule has 3 nitrogen and oxygen atoms in total. The standard InChI is InChI=1S/C11H9N3S2/c1-7-5-10(4-3-9(7)6-12)16-11-14-13-8(2)15-11/h3-5H,1-2H3. The van der Waals surface area contributed by atoms with Crippen LogP contribution < -0.4 is 0 Å². The van der Waals surface area contributed by atoms with E-state index in [0.717, 1.165) is 25.4 Å². The van der Waals surface area contributed by atoms with Crippen LogP contribution in [0.1, 0.15) is 16.1 Å². The molecule has 0 bridgehead atoms. The summed E-state index contributed by atoms with van der Waals surface area (Å²) in [5, 5.41) is 17.8. The molecule has 0 fully saturated rings. The summed E-state index contributed by atoms with van der Waals surface area (Å²) in [6, 6.07) is 7.93. The third kappa shape index (κ3) is 2.40. The number of aromatic nitrogens is 2. The molecular weight excluding hydrogens is 238 g/mol. The fourth-order valence-corrected chi connectivity index (χ4v) is 3.13. The molecule has 0 atom stereocenters. The zero-order valence-electron chi connectivity index (χ0n) is 8.89. The minimum atomic E-state index is 0.720. The largest absolute Gasteiger partial charge is 0.192 e. The van der Waals surface area contributed by atoms with Crippen LogP contribution in [0.5, 0.6) is 0 Å². The van der Waals surface area contributed by atoms with Gasteiger partial charge in [-0.25, -0.2) is 0 Å². The molecular formula is C11H9N3S2. The van der Waals surface area contributed by atoms with Crippen molar-refractivity contribution in [1.29, 1.82) is 5.26 Å². The average Bonchev–Trinajstić information content (AvgIpc) is 2.64. The predicted octanol–water partition coefficient (Wildman–Crippen LogP) is 3.18. The van der Waals surface area contributed by atoms with Gasteiger partial charge in [-0.3, -0.25) is 0 Å². The van der Waals surface area contributed by atoms with Gasteiger partial charge < -0.3 is 0 Å². The highest BCUT2D eigenvalue weighted by Crippen LogP contribution is 2.30. The first-order valence-electron chi connectivity index (χ1n) is 4.68.